The van der Waals surface area contributed by atoms with Gasteiger partial charge < -0.3 is 15.8 Å². The summed E-state index contributed by atoms with van der Waals surface area (Å²) in [6.07, 6.45) is 2.39. The molecule has 0 aliphatic rings. The van der Waals surface area contributed by atoms with Gasteiger partial charge in [-0.25, -0.2) is 0 Å². The molecule has 1 aromatic carbocycles. The summed E-state index contributed by atoms with van der Waals surface area (Å²) in [6, 6.07) is 7.77. The lowest BCUT2D eigenvalue weighted by Gasteiger charge is -2.17. The molecule has 0 saturated heterocycles. The molecule has 3 nitrogen and oxygen atoms in total. The van der Waals surface area contributed by atoms with Crippen LogP contribution in [0.5, 0.6) is 0 Å². The van der Waals surface area contributed by atoms with E-state index in [1.54, 1.807) is 0 Å². The van der Waals surface area contributed by atoms with Crippen LogP contribution in [0.25, 0.3) is 0 Å². The summed E-state index contributed by atoms with van der Waals surface area (Å²) < 4.78 is 5.70. The number of ether oxygens (including phenoxy) is 1. The van der Waals surface area contributed by atoms with Crippen molar-refractivity contribution in [1.82, 2.24) is 0 Å². The van der Waals surface area contributed by atoms with Crippen LogP contribution in [0.15, 0.2) is 24.3 Å². The molecule has 0 spiro atoms. The highest BCUT2D eigenvalue weighted by atomic mass is 16.5. The molecule has 1 aromatic rings. The smallest absolute Gasteiger partial charge is 0.0744 e. The van der Waals surface area contributed by atoms with E-state index in [1.807, 2.05) is 24.3 Å². The molecule has 0 aliphatic heterocycles. The second kappa shape index (κ2) is 7.12. The lowest BCUT2D eigenvalue weighted by molar-refractivity contribution is 0.0600. The maximum absolute atomic E-state index is 5.70. The third-order valence-electron chi connectivity index (χ3n) is 2.46. The fraction of sp³-hybridized carbons (Fsp3) is 0.538. The molecule has 90 valence electrons. The van der Waals surface area contributed by atoms with Gasteiger partial charge in [-0.1, -0.05) is 13.8 Å². The zero-order valence-corrected chi connectivity index (χ0v) is 10.2. The summed E-state index contributed by atoms with van der Waals surface area (Å²) in [7, 11) is 0. The van der Waals surface area contributed by atoms with E-state index in [0.29, 0.717) is 0 Å². The molecular weight excluding hydrogens is 200 g/mol. The molecule has 16 heavy (non-hydrogen) atoms. The lowest BCUT2D eigenvalue weighted by atomic mass is 10.2. The lowest BCUT2D eigenvalue weighted by Crippen LogP contribution is -2.22. The molecular formula is C13H22N2O. The van der Waals surface area contributed by atoms with Crippen LogP contribution in [0.4, 0.5) is 11.4 Å². The number of hydrogen-bond donors (Lipinski definition) is 2. The van der Waals surface area contributed by atoms with Crippen molar-refractivity contribution in [2.75, 3.05) is 24.2 Å². The van der Waals surface area contributed by atoms with Crippen LogP contribution in [0.2, 0.25) is 0 Å². The third-order valence-corrected chi connectivity index (χ3v) is 2.46. The molecule has 0 aliphatic carbocycles. The predicted octanol–water partition coefficient (Wildman–Crippen LogP) is 2.89. The Labute approximate surface area is 98.0 Å². The average molecular weight is 222 g/mol. The van der Waals surface area contributed by atoms with Crippen molar-refractivity contribution >= 4 is 11.4 Å². The molecule has 3 heteroatoms. The largest absolute Gasteiger partial charge is 0.399 e. The molecule has 0 amide bonds. The molecule has 0 fully saturated rings. The SMILES string of the molecule is CCCOC(CC)CNc1ccc(N)cc1. The van der Waals surface area contributed by atoms with Crippen molar-refractivity contribution < 1.29 is 4.74 Å². The van der Waals surface area contributed by atoms with Gasteiger partial charge in [0.05, 0.1) is 6.10 Å². The Balaban J connectivity index is 2.34. The quantitative estimate of drug-likeness (QED) is 0.697. The molecule has 3 N–H and O–H groups in total. The fourth-order valence-electron chi connectivity index (χ4n) is 1.44. The van der Waals surface area contributed by atoms with E-state index in [9.17, 15) is 0 Å². The van der Waals surface area contributed by atoms with Crippen molar-refractivity contribution in [1.29, 1.82) is 0 Å². The molecule has 0 heterocycles. The minimum Gasteiger partial charge on any atom is -0.399 e. The third kappa shape index (κ3) is 4.53. The van der Waals surface area contributed by atoms with E-state index < -0.39 is 0 Å². The standard InChI is InChI=1S/C13H22N2O/c1-3-9-16-13(4-2)10-15-12-7-5-11(14)6-8-12/h5-8,13,15H,3-4,9-10,14H2,1-2H3. The zero-order valence-electron chi connectivity index (χ0n) is 10.2. The Morgan fingerprint density at radius 1 is 1.25 bits per heavy atom. The molecule has 1 unspecified atom stereocenters. The highest BCUT2D eigenvalue weighted by molar-refractivity contribution is 5.51. The molecule has 1 rings (SSSR count). The van der Waals surface area contributed by atoms with Gasteiger partial charge in [-0.3, -0.25) is 0 Å². The number of nitrogen functional groups attached to an aromatic ring is 1. The Hall–Kier alpha value is -1.22. The predicted molar refractivity (Wildman–Crippen MR) is 69.7 cm³/mol. The van der Waals surface area contributed by atoms with Gasteiger partial charge in [0.15, 0.2) is 0 Å². The first-order chi connectivity index (χ1) is 7.76. The Morgan fingerprint density at radius 2 is 1.94 bits per heavy atom. The van der Waals surface area contributed by atoms with Crippen molar-refractivity contribution in [2.24, 2.45) is 0 Å². The Kier molecular flexibility index (Phi) is 5.72. The van der Waals surface area contributed by atoms with Gasteiger partial charge in [0, 0.05) is 24.5 Å². The minimum atomic E-state index is 0.289. The van der Waals surface area contributed by atoms with Gasteiger partial charge in [-0.15, -0.1) is 0 Å². The van der Waals surface area contributed by atoms with Crippen LogP contribution in [0.3, 0.4) is 0 Å². The first-order valence-corrected chi connectivity index (χ1v) is 5.97. The van der Waals surface area contributed by atoms with Crippen LogP contribution in [0, 0.1) is 0 Å². The monoisotopic (exact) mass is 222 g/mol. The average Bonchev–Trinajstić information content (AvgIpc) is 2.32. The first kappa shape index (κ1) is 12.8. The number of nitrogens with one attached hydrogen (secondary N) is 1. The zero-order chi connectivity index (χ0) is 11.8. The number of rotatable bonds is 7. The topological polar surface area (TPSA) is 47.3 Å². The van der Waals surface area contributed by atoms with Crippen LogP contribution in [0.1, 0.15) is 26.7 Å². The van der Waals surface area contributed by atoms with E-state index in [-0.39, 0.29) is 6.10 Å². The van der Waals surface area contributed by atoms with Gasteiger partial charge in [-0.2, -0.15) is 0 Å². The fourth-order valence-corrected chi connectivity index (χ4v) is 1.44. The second-order valence-electron chi connectivity index (χ2n) is 3.90. The molecule has 0 saturated carbocycles. The maximum atomic E-state index is 5.70. The molecule has 0 radical (unpaired) electrons. The first-order valence-electron chi connectivity index (χ1n) is 5.97. The number of nitrogens with two attached hydrogens (primary N) is 1. The van der Waals surface area contributed by atoms with Gasteiger partial charge in [0.2, 0.25) is 0 Å². The van der Waals surface area contributed by atoms with Gasteiger partial charge in [-0.05, 0) is 37.1 Å². The Bertz CT molecular complexity index is 284. The highest BCUT2D eigenvalue weighted by Crippen LogP contribution is 2.11. The van der Waals surface area contributed by atoms with Gasteiger partial charge in [0.25, 0.3) is 0 Å². The van der Waals surface area contributed by atoms with Crippen LogP contribution >= 0.6 is 0 Å². The van der Waals surface area contributed by atoms with Crippen molar-refractivity contribution in [3.8, 4) is 0 Å². The van der Waals surface area contributed by atoms with Crippen molar-refractivity contribution in [2.45, 2.75) is 32.8 Å². The summed E-state index contributed by atoms with van der Waals surface area (Å²) in [5.41, 5.74) is 7.50. The summed E-state index contributed by atoms with van der Waals surface area (Å²) >= 11 is 0. The number of benzene rings is 1. The molecule has 0 bridgehead atoms. The molecule has 1 atom stereocenters. The Morgan fingerprint density at radius 3 is 2.50 bits per heavy atom. The second-order valence-corrected chi connectivity index (χ2v) is 3.90. The number of anilines is 2. The summed E-state index contributed by atoms with van der Waals surface area (Å²) in [5.74, 6) is 0. The summed E-state index contributed by atoms with van der Waals surface area (Å²) in [4.78, 5) is 0. The van der Waals surface area contributed by atoms with E-state index in [0.717, 1.165) is 37.4 Å². The van der Waals surface area contributed by atoms with E-state index in [2.05, 4.69) is 19.2 Å². The highest BCUT2D eigenvalue weighted by Gasteiger charge is 2.05. The van der Waals surface area contributed by atoms with Gasteiger partial charge in [0.1, 0.15) is 0 Å². The van der Waals surface area contributed by atoms with E-state index in [4.69, 9.17) is 10.5 Å². The normalized spacial score (nSPS) is 12.4. The van der Waals surface area contributed by atoms with Crippen LogP contribution in [-0.4, -0.2) is 19.3 Å². The van der Waals surface area contributed by atoms with E-state index in [1.165, 1.54) is 0 Å². The molecule has 0 aromatic heterocycles. The van der Waals surface area contributed by atoms with Crippen molar-refractivity contribution in [3.05, 3.63) is 24.3 Å². The van der Waals surface area contributed by atoms with Gasteiger partial charge >= 0.3 is 0 Å². The van der Waals surface area contributed by atoms with Crippen LogP contribution in [-0.2, 0) is 4.74 Å². The minimum absolute atomic E-state index is 0.289. The summed E-state index contributed by atoms with van der Waals surface area (Å²) in [5, 5.41) is 3.35. The maximum Gasteiger partial charge on any atom is 0.0744 e. The number of hydrogen-bond acceptors (Lipinski definition) is 3. The van der Waals surface area contributed by atoms with Crippen molar-refractivity contribution in [3.63, 3.8) is 0 Å². The van der Waals surface area contributed by atoms with E-state index >= 15 is 0 Å². The summed E-state index contributed by atoms with van der Waals surface area (Å²) in [6.45, 7) is 5.95. The van der Waals surface area contributed by atoms with Crippen LogP contribution < -0.4 is 11.1 Å².